The lowest BCUT2D eigenvalue weighted by molar-refractivity contribution is 0.0256. The third-order valence-corrected chi connectivity index (χ3v) is 2.32. The van der Waals surface area contributed by atoms with Gasteiger partial charge < -0.3 is 4.90 Å². The van der Waals surface area contributed by atoms with E-state index in [4.69, 9.17) is 11.6 Å². The van der Waals surface area contributed by atoms with Gasteiger partial charge in [-0.05, 0) is 0 Å². The van der Waals surface area contributed by atoms with Crippen LogP contribution in [0.3, 0.4) is 0 Å². The van der Waals surface area contributed by atoms with Crippen LogP contribution in [0.15, 0.2) is 12.4 Å². The van der Waals surface area contributed by atoms with Crippen molar-refractivity contribution >= 4 is 17.4 Å². The van der Waals surface area contributed by atoms with E-state index < -0.39 is 5.92 Å². The summed E-state index contributed by atoms with van der Waals surface area (Å²) in [5.74, 6) is -2.15. The fourth-order valence-electron chi connectivity index (χ4n) is 1.43. The molecule has 0 bridgehead atoms. The van der Waals surface area contributed by atoms with Gasteiger partial charge in [-0.25, -0.2) is 18.7 Å². The van der Waals surface area contributed by atoms with Crippen molar-refractivity contribution in [1.29, 1.82) is 0 Å². The predicted octanol–water partition coefficient (Wildman–Crippen LogP) is 1.98. The lowest BCUT2D eigenvalue weighted by Gasteiger charge is -2.16. The molecule has 1 aliphatic heterocycles. The van der Waals surface area contributed by atoms with Crippen molar-refractivity contribution in [2.24, 2.45) is 0 Å². The SMILES string of the molecule is FC1(F)CCN(c2cc(Cl)ncn2)C1. The summed E-state index contributed by atoms with van der Waals surface area (Å²) in [4.78, 5) is 9.08. The summed E-state index contributed by atoms with van der Waals surface area (Å²) in [6.45, 7) is 0.0146. The molecule has 1 saturated heterocycles. The van der Waals surface area contributed by atoms with Gasteiger partial charge in [0.15, 0.2) is 0 Å². The van der Waals surface area contributed by atoms with E-state index in [1.54, 1.807) is 0 Å². The molecule has 0 amide bonds. The molecule has 0 radical (unpaired) electrons. The van der Waals surface area contributed by atoms with Crippen LogP contribution in [-0.2, 0) is 0 Å². The number of aromatic nitrogens is 2. The number of anilines is 1. The van der Waals surface area contributed by atoms with Gasteiger partial charge in [0.05, 0.1) is 6.54 Å². The van der Waals surface area contributed by atoms with Crippen LogP contribution < -0.4 is 4.90 Å². The Bertz CT molecular complexity index is 345. The summed E-state index contributed by atoms with van der Waals surface area (Å²) in [6.07, 6.45) is 1.14. The average molecular weight is 220 g/mol. The molecule has 0 unspecified atom stereocenters. The molecule has 0 atom stereocenters. The number of rotatable bonds is 1. The first-order valence-electron chi connectivity index (χ1n) is 4.17. The van der Waals surface area contributed by atoms with Crippen molar-refractivity contribution in [3.63, 3.8) is 0 Å². The molecule has 0 saturated carbocycles. The second-order valence-electron chi connectivity index (χ2n) is 3.23. The quantitative estimate of drug-likeness (QED) is 0.677. The zero-order valence-electron chi connectivity index (χ0n) is 7.25. The van der Waals surface area contributed by atoms with E-state index in [0.29, 0.717) is 12.4 Å². The van der Waals surface area contributed by atoms with Gasteiger partial charge >= 0.3 is 0 Å². The molecule has 6 heteroatoms. The Morgan fingerprint density at radius 1 is 1.43 bits per heavy atom. The van der Waals surface area contributed by atoms with Crippen molar-refractivity contribution in [2.45, 2.75) is 12.3 Å². The third kappa shape index (κ3) is 1.92. The second kappa shape index (κ2) is 3.31. The number of nitrogens with zero attached hydrogens (tertiary/aromatic N) is 3. The molecular weight excluding hydrogens is 212 g/mol. The van der Waals surface area contributed by atoms with Gasteiger partial charge in [0.1, 0.15) is 17.3 Å². The molecule has 0 spiro atoms. The first-order valence-corrected chi connectivity index (χ1v) is 4.55. The average Bonchev–Trinajstić information content (AvgIpc) is 2.46. The number of halogens is 3. The van der Waals surface area contributed by atoms with E-state index in [9.17, 15) is 8.78 Å². The fourth-order valence-corrected chi connectivity index (χ4v) is 1.57. The van der Waals surface area contributed by atoms with Crippen LogP contribution >= 0.6 is 11.6 Å². The van der Waals surface area contributed by atoms with Gasteiger partial charge in [-0.15, -0.1) is 0 Å². The smallest absolute Gasteiger partial charge is 0.266 e. The highest BCUT2D eigenvalue weighted by atomic mass is 35.5. The van der Waals surface area contributed by atoms with E-state index in [2.05, 4.69) is 9.97 Å². The Kier molecular flexibility index (Phi) is 2.26. The Morgan fingerprint density at radius 2 is 2.21 bits per heavy atom. The highest BCUT2D eigenvalue weighted by molar-refractivity contribution is 6.29. The van der Waals surface area contributed by atoms with Crippen LogP contribution in [0.4, 0.5) is 14.6 Å². The molecule has 2 rings (SSSR count). The van der Waals surface area contributed by atoms with Crippen LogP contribution in [0.1, 0.15) is 6.42 Å². The summed E-state index contributed by atoms with van der Waals surface area (Å²) >= 11 is 5.63. The van der Waals surface area contributed by atoms with Crippen molar-refractivity contribution in [3.05, 3.63) is 17.5 Å². The van der Waals surface area contributed by atoms with E-state index in [0.717, 1.165) is 0 Å². The van der Waals surface area contributed by atoms with E-state index in [-0.39, 0.29) is 18.1 Å². The minimum Gasteiger partial charge on any atom is -0.350 e. The maximum Gasteiger partial charge on any atom is 0.266 e. The maximum atomic E-state index is 12.9. The molecular formula is C8H8ClF2N3. The van der Waals surface area contributed by atoms with Crippen LogP contribution in [0.2, 0.25) is 5.15 Å². The first-order chi connectivity index (χ1) is 6.57. The summed E-state index contributed by atoms with van der Waals surface area (Å²) in [5.41, 5.74) is 0. The molecule has 0 aliphatic carbocycles. The van der Waals surface area contributed by atoms with Crippen LogP contribution in [0.25, 0.3) is 0 Å². The summed E-state index contributed by atoms with van der Waals surface area (Å²) in [6, 6.07) is 1.49. The van der Waals surface area contributed by atoms with Gasteiger partial charge in [-0.3, -0.25) is 0 Å². The largest absolute Gasteiger partial charge is 0.350 e. The van der Waals surface area contributed by atoms with Gasteiger partial charge in [0.25, 0.3) is 5.92 Å². The molecule has 0 aromatic carbocycles. The van der Waals surface area contributed by atoms with Crippen LogP contribution in [0.5, 0.6) is 0 Å². The van der Waals surface area contributed by atoms with E-state index in [1.807, 2.05) is 0 Å². The minimum absolute atomic E-state index is 0.130. The molecule has 76 valence electrons. The lowest BCUT2D eigenvalue weighted by atomic mass is 10.3. The van der Waals surface area contributed by atoms with E-state index >= 15 is 0 Å². The van der Waals surface area contributed by atoms with Crippen molar-refractivity contribution in [2.75, 3.05) is 18.0 Å². The Balaban J connectivity index is 2.17. The van der Waals surface area contributed by atoms with Crippen molar-refractivity contribution in [1.82, 2.24) is 9.97 Å². The molecule has 1 aromatic rings. The standard InChI is InChI=1S/C8H8ClF2N3/c9-6-3-7(13-5-12-6)14-2-1-8(10,11)4-14/h3,5H,1-2,4H2. The molecule has 14 heavy (non-hydrogen) atoms. The molecule has 1 aromatic heterocycles. The topological polar surface area (TPSA) is 29.0 Å². The third-order valence-electron chi connectivity index (χ3n) is 2.11. The van der Waals surface area contributed by atoms with Crippen LogP contribution in [0, 0.1) is 0 Å². The van der Waals surface area contributed by atoms with Crippen molar-refractivity contribution in [3.8, 4) is 0 Å². The van der Waals surface area contributed by atoms with E-state index in [1.165, 1.54) is 17.3 Å². The molecule has 1 fully saturated rings. The Hall–Kier alpha value is -0.970. The first kappa shape index (κ1) is 9.58. The Morgan fingerprint density at radius 3 is 2.79 bits per heavy atom. The van der Waals surface area contributed by atoms with Gasteiger partial charge in [-0.2, -0.15) is 0 Å². The number of hydrogen-bond acceptors (Lipinski definition) is 3. The number of hydrogen-bond donors (Lipinski definition) is 0. The highest BCUT2D eigenvalue weighted by Gasteiger charge is 2.38. The zero-order valence-corrected chi connectivity index (χ0v) is 8.01. The summed E-state index contributed by atoms with van der Waals surface area (Å²) in [5, 5.41) is 0.269. The number of alkyl halides is 2. The van der Waals surface area contributed by atoms with Gasteiger partial charge in [-0.1, -0.05) is 11.6 Å². The maximum absolute atomic E-state index is 12.9. The van der Waals surface area contributed by atoms with Crippen molar-refractivity contribution < 1.29 is 8.78 Å². The minimum atomic E-state index is -2.61. The molecule has 0 N–H and O–H groups in total. The second-order valence-corrected chi connectivity index (χ2v) is 3.61. The Labute approximate surface area is 84.7 Å². The summed E-state index contributed by atoms with van der Waals surface area (Å²) < 4.78 is 25.7. The van der Waals surface area contributed by atoms with Gasteiger partial charge in [0.2, 0.25) is 0 Å². The molecule has 2 heterocycles. The predicted molar refractivity (Wildman–Crippen MR) is 48.8 cm³/mol. The molecule has 3 nitrogen and oxygen atoms in total. The fraction of sp³-hybridized carbons (Fsp3) is 0.500. The van der Waals surface area contributed by atoms with Crippen LogP contribution in [-0.4, -0.2) is 29.0 Å². The normalized spacial score (nSPS) is 20.1. The van der Waals surface area contributed by atoms with Gasteiger partial charge in [0, 0.05) is 19.0 Å². The molecule has 1 aliphatic rings. The zero-order chi connectivity index (χ0) is 10.2. The monoisotopic (exact) mass is 219 g/mol. The highest BCUT2D eigenvalue weighted by Crippen LogP contribution is 2.30. The lowest BCUT2D eigenvalue weighted by Crippen LogP contribution is -2.25. The summed E-state index contributed by atoms with van der Waals surface area (Å²) in [7, 11) is 0.